The zero-order chi connectivity index (χ0) is 13.1. The molecule has 1 atom stereocenters. The molecule has 2 aromatic heterocycles. The van der Waals surface area contributed by atoms with Crippen LogP contribution in [0.5, 0.6) is 0 Å². The fourth-order valence-corrected chi connectivity index (χ4v) is 4.22. The molecular formula is C13H17BrN4S. The number of hydrogen-bond acceptors (Lipinski definition) is 4. The molecule has 1 fully saturated rings. The molecule has 0 spiro atoms. The maximum atomic E-state index is 4.21. The van der Waals surface area contributed by atoms with E-state index in [1.54, 1.807) is 6.33 Å². The quantitative estimate of drug-likeness (QED) is 0.857. The lowest BCUT2D eigenvalue weighted by Gasteiger charge is -2.32. The fraction of sp³-hybridized carbons (Fsp3) is 0.538. The van der Waals surface area contributed by atoms with Gasteiger partial charge in [0.15, 0.2) is 0 Å². The van der Waals surface area contributed by atoms with Crippen molar-refractivity contribution in [3.63, 3.8) is 0 Å². The van der Waals surface area contributed by atoms with E-state index in [1.165, 1.54) is 28.0 Å². The van der Waals surface area contributed by atoms with Crippen molar-refractivity contribution in [3.05, 3.63) is 33.5 Å². The summed E-state index contributed by atoms with van der Waals surface area (Å²) >= 11 is 5.37. The van der Waals surface area contributed by atoms with Crippen LogP contribution in [0, 0.1) is 5.92 Å². The smallest absolute Gasteiger partial charge is 0.137 e. The zero-order valence-corrected chi connectivity index (χ0v) is 13.1. The van der Waals surface area contributed by atoms with E-state index >= 15 is 0 Å². The van der Waals surface area contributed by atoms with Gasteiger partial charge in [0, 0.05) is 24.5 Å². The maximum absolute atomic E-state index is 4.21. The van der Waals surface area contributed by atoms with Gasteiger partial charge in [-0.2, -0.15) is 5.10 Å². The van der Waals surface area contributed by atoms with Crippen LogP contribution >= 0.6 is 27.3 Å². The SMILES string of the molecule is Brc1ccc(CN2CCC[C@@H](Cn3cncn3)C2)s1. The van der Waals surface area contributed by atoms with Crippen molar-refractivity contribution in [1.29, 1.82) is 0 Å². The Morgan fingerprint density at radius 3 is 3.11 bits per heavy atom. The Morgan fingerprint density at radius 2 is 2.37 bits per heavy atom. The number of likely N-dealkylation sites (tertiary alicyclic amines) is 1. The average molecular weight is 341 g/mol. The third kappa shape index (κ3) is 3.64. The molecule has 102 valence electrons. The van der Waals surface area contributed by atoms with E-state index in [-0.39, 0.29) is 0 Å². The summed E-state index contributed by atoms with van der Waals surface area (Å²) in [6, 6.07) is 4.35. The molecule has 0 saturated carbocycles. The lowest BCUT2D eigenvalue weighted by atomic mass is 9.98. The molecule has 0 bridgehead atoms. The summed E-state index contributed by atoms with van der Waals surface area (Å²) in [5, 5.41) is 4.21. The van der Waals surface area contributed by atoms with Crippen molar-refractivity contribution >= 4 is 27.3 Å². The first-order chi connectivity index (χ1) is 9.29. The molecule has 1 saturated heterocycles. The molecular weight excluding hydrogens is 324 g/mol. The summed E-state index contributed by atoms with van der Waals surface area (Å²) in [4.78, 5) is 8.01. The van der Waals surface area contributed by atoms with Crippen LogP contribution in [0.25, 0.3) is 0 Å². The maximum Gasteiger partial charge on any atom is 0.137 e. The predicted octanol–water partition coefficient (Wildman–Crippen LogP) is 3.01. The number of thiophene rings is 1. The zero-order valence-electron chi connectivity index (χ0n) is 10.7. The highest BCUT2D eigenvalue weighted by atomic mass is 79.9. The average Bonchev–Trinajstić information content (AvgIpc) is 3.02. The minimum absolute atomic E-state index is 0.693. The van der Waals surface area contributed by atoms with Crippen molar-refractivity contribution in [2.75, 3.05) is 13.1 Å². The first-order valence-electron chi connectivity index (χ1n) is 6.58. The van der Waals surface area contributed by atoms with E-state index in [9.17, 15) is 0 Å². The van der Waals surface area contributed by atoms with Gasteiger partial charge >= 0.3 is 0 Å². The molecule has 0 aromatic carbocycles. The van der Waals surface area contributed by atoms with Gasteiger partial charge in [-0.15, -0.1) is 11.3 Å². The number of halogens is 1. The van der Waals surface area contributed by atoms with Gasteiger partial charge in [-0.05, 0) is 53.4 Å². The summed E-state index contributed by atoms with van der Waals surface area (Å²) in [7, 11) is 0. The molecule has 2 aromatic rings. The van der Waals surface area contributed by atoms with Crippen LogP contribution in [-0.4, -0.2) is 32.8 Å². The molecule has 4 nitrogen and oxygen atoms in total. The molecule has 6 heteroatoms. The van der Waals surface area contributed by atoms with E-state index < -0.39 is 0 Å². The van der Waals surface area contributed by atoms with E-state index in [1.807, 2.05) is 22.3 Å². The third-order valence-electron chi connectivity index (χ3n) is 3.52. The highest BCUT2D eigenvalue weighted by Crippen LogP contribution is 2.25. The first kappa shape index (κ1) is 13.3. The normalized spacial score (nSPS) is 20.8. The number of aromatic nitrogens is 3. The summed E-state index contributed by atoms with van der Waals surface area (Å²) in [5.41, 5.74) is 0. The van der Waals surface area contributed by atoms with Gasteiger partial charge in [0.1, 0.15) is 12.7 Å². The summed E-state index contributed by atoms with van der Waals surface area (Å²) in [6.45, 7) is 4.44. The van der Waals surface area contributed by atoms with Crippen LogP contribution in [0.1, 0.15) is 17.7 Å². The standard InChI is InChI=1S/C13H17BrN4S/c14-13-4-3-12(19-13)8-17-5-1-2-11(6-17)7-18-10-15-9-16-18/h3-4,9-11H,1-2,5-8H2/t11-/m1/s1. The molecule has 1 aliphatic heterocycles. The summed E-state index contributed by atoms with van der Waals surface area (Å²) in [6.07, 6.45) is 6.01. The lowest BCUT2D eigenvalue weighted by molar-refractivity contribution is 0.154. The molecule has 0 amide bonds. The Balaban J connectivity index is 1.55. The molecule has 0 radical (unpaired) electrons. The molecule has 0 aliphatic carbocycles. The van der Waals surface area contributed by atoms with Gasteiger partial charge in [-0.3, -0.25) is 9.58 Å². The largest absolute Gasteiger partial charge is 0.298 e. The molecule has 1 aliphatic rings. The molecule has 19 heavy (non-hydrogen) atoms. The minimum atomic E-state index is 0.693. The van der Waals surface area contributed by atoms with Crippen LogP contribution in [0.3, 0.4) is 0 Å². The number of hydrogen-bond donors (Lipinski definition) is 0. The van der Waals surface area contributed by atoms with Gasteiger partial charge in [-0.1, -0.05) is 0 Å². The van der Waals surface area contributed by atoms with Gasteiger partial charge in [0.05, 0.1) is 3.79 Å². The van der Waals surface area contributed by atoms with Crippen LogP contribution in [0.2, 0.25) is 0 Å². The van der Waals surface area contributed by atoms with Crippen molar-refractivity contribution < 1.29 is 0 Å². The third-order valence-corrected chi connectivity index (χ3v) is 5.13. The van der Waals surface area contributed by atoms with Crippen LogP contribution in [0.15, 0.2) is 28.6 Å². The monoisotopic (exact) mass is 340 g/mol. The fourth-order valence-electron chi connectivity index (χ4n) is 2.69. The minimum Gasteiger partial charge on any atom is -0.298 e. The Morgan fingerprint density at radius 1 is 1.42 bits per heavy atom. The van der Waals surface area contributed by atoms with Crippen LogP contribution in [0.4, 0.5) is 0 Å². The number of piperidine rings is 1. The second-order valence-corrected chi connectivity index (χ2v) is 7.61. The topological polar surface area (TPSA) is 34.0 Å². The lowest BCUT2D eigenvalue weighted by Crippen LogP contribution is -2.36. The van der Waals surface area contributed by atoms with E-state index in [0.717, 1.165) is 19.6 Å². The molecule has 0 unspecified atom stereocenters. The second kappa shape index (κ2) is 6.15. The summed E-state index contributed by atoms with van der Waals surface area (Å²) < 4.78 is 3.18. The molecule has 0 N–H and O–H groups in total. The molecule has 3 rings (SSSR count). The van der Waals surface area contributed by atoms with Crippen LogP contribution in [-0.2, 0) is 13.1 Å². The van der Waals surface area contributed by atoms with Gasteiger partial charge < -0.3 is 0 Å². The van der Waals surface area contributed by atoms with Crippen molar-refractivity contribution in [2.24, 2.45) is 5.92 Å². The van der Waals surface area contributed by atoms with E-state index in [0.29, 0.717) is 5.92 Å². The van der Waals surface area contributed by atoms with Gasteiger partial charge in [-0.25, -0.2) is 4.98 Å². The van der Waals surface area contributed by atoms with Crippen LogP contribution < -0.4 is 0 Å². The molecule has 3 heterocycles. The Bertz CT molecular complexity index is 510. The van der Waals surface area contributed by atoms with Crippen molar-refractivity contribution in [3.8, 4) is 0 Å². The Labute approximate surface area is 125 Å². The van der Waals surface area contributed by atoms with Gasteiger partial charge in [0.25, 0.3) is 0 Å². The van der Waals surface area contributed by atoms with E-state index in [2.05, 4.69) is 43.0 Å². The Hall–Kier alpha value is -0.720. The first-order valence-corrected chi connectivity index (χ1v) is 8.19. The number of rotatable bonds is 4. The number of nitrogens with zero attached hydrogens (tertiary/aromatic N) is 4. The van der Waals surface area contributed by atoms with E-state index in [4.69, 9.17) is 0 Å². The second-order valence-electron chi connectivity index (χ2n) is 5.07. The van der Waals surface area contributed by atoms with Gasteiger partial charge in [0.2, 0.25) is 0 Å². The predicted molar refractivity (Wildman–Crippen MR) is 80.0 cm³/mol. The highest BCUT2D eigenvalue weighted by Gasteiger charge is 2.20. The highest BCUT2D eigenvalue weighted by molar-refractivity contribution is 9.11. The van der Waals surface area contributed by atoms with Crippen molar-refractivity contribution in [2.45, 2.75) is 25.9 Å². The van der Waals surface area contributed by atoms with Crippen molar-refractivity contribution in [1.82, 2.24) is 19.7 Å². The summed E-state index contributed by atoms with van der Waals surface area (Å²) in [5.74, 6) is 0.693. The Kier molecular flexibility index (Phi) is 4.30.